The zero-order chi connectivity index (χ0) is 32.4. The maximum Gasteiger partial charge on any atom is 0.202 e. The van der Waals surface area contributed by atoms with Gasteiger partial charge in [0.2, 0.25) is 5.65 Å². The molecule has 0 radical (unpaired) electrons. The SMILES string of the molecule is COc1ccc(CNc2cc(-c3[nH]nc4nc(N5CCC6(CCC[C@H]6N[C@H](C)c6ccc(OC)cc6)CC5)cnc34)c(Cl)cn2)cc1. The van der Waals surface area contributed by atoms with Crippen LogP contribution in [0, 0.1) is 5.41 Å². The number of aromatic nitrogens is 5. The summed E-state index contributed by atoms with van der Waals surface area (Å²) >= 11 is 6.62. The minimum absolute atomic E-state index is 0.287. The van der Waals surface area contributed by atoms with Crippen LogP contribution in [-0.4, -0.2) is 58.5 Å². The molecule has 5 aromatic rings. The molecular formula is C36H41ClN8O2. The number of pyridine rings is 1. The fourth-order valence-corrected chi connectivity index (χ4v) is 7.46. The van der Waals surface area contributed by atoms with Gasteiger partial charge in [-0.25, -0.2) is 15.0 Å². The molecule has 1 saturated heterocycles. The van der Waals surface area contributed by atoms with Crippen molar-refractivity contribution in [3.05, 3.63) is 83.1 Å². The van der Waals surface area contributed by atoms with Crippen molar-refractivity contribution in [1.29, 1.82) is 0 Å². The lowest BCUT2D eigenvalue weighted by Gasteiger charge is -2.44. The second-order valence-corrected chi connectivity index (χ2v) is 13.1. The van der Waals surface area contributed by atoms with Gasteiger partial charge in [-0.1, -0.05) is 42.3 Å². The normalized spacial score (nSPS) is 18.0. The number of fused-ring (bicyclic) bond motifs is 1. The van der Waals surface area contributed by atoms with Crippen LogP contribution in [0.25, 0.3) is 22.4 Å². The van der Waals surface area contributed by atoms with E-state index in [-0.39, 0.29) is 6.04 Å². The lowest BCUT2D eigenvalue weighted by atomic mass is 9.73. The second-order valence-electron chi connectivity index (χ2n) is 12.7. The minimum atomic E-state index is 0.287. The van der Waals surface area contributed by atoms with Gasteiger partial charge in [0.05, 0.1) is 31.1 Å². The van der Waals surface area contributed by atoms with E-state index in [2.05, 4.69) is 49.8 Å². The van der Waals surface area contributed by atoms with Gasteiger partial charge in [0.25, 0.3) is 0 Å². The van der Waals surface area contributed by atoms with Gasteiger partial charge >= 0.3 is 0 Å². The largest absolute Gasteiger partial charge is 0.497 e. The molecule has 2 fully saturated rings. The molecule has 244 valence electrons. The highest BCUT2D eigenvalue weighted by Crippen LogP contribution is 2.47. The fourth-order valence-electron chi connectivity index (χ4n) is 7.26. The Labute approximate surface area is 280 Å². The molecule has 1 aliphatic heterocycles. The Morgan fingerprint density at radius 2 is 1.70 bits per heavy atom. The summed E-state index contributed by atoms with van der Waals surface area (Å²) in [5, 5.41) is 15.6. The molecule has 1 saturated carbocycles. The lowest BCUT2D eigenvalue weighted by Crippen LogP contribution is -2.49. The van der Waals surface area contributed by atoms with E-state index < -0.39 is 0 Å². The van der Waals surface area contributed by atoms with Crippen LogP contribution in [-0.2, 0) is 6.54 Å². The first-order valence-electron chi connectivity index (χ1n) is 16.3. The molecule has 2 aromatic carbocycles. The molecule has 2 atom stereocenters. The van der Waals surface area contributed by atoms with Crippen molar-refractivity contribution in [2.75, 3.05) is 37.5 Å². The van der Waals surface area contributed by atoms with Gasteiger partial charge in [0, 0.05) is 43.5 Å². The molecule has 1 aliphatic carbocycles. The molecule has 7 rings (SSSR count). The lowest BCUT2D eigenvalue weighted by molar-refractivity contribution is 0.163. The van der Waals surface area contributed by atoms with E-state index >= 15 is 0 Å². The Balaban J connectivity index is 1.01. The van der Waals surface area contributed by atoms with E-state index in [0.717, 1.165) is 60.1 Å². The van der Waals surface area contributed by atoms with E-state index in [1.165, 1.54) is 24.8 Å². The number of ether oxygens (including phenoxy) is 2. The quantitative estimate of drug-likeness (QED) is 0.144. The number of piperidine rings is 1. The summed E-state index contributed by atoms with van der Waals surface area (Å²) in [4.78, 5) is 16.6. The van der Waals surface area contributed by atoms with Crippen LogP contribution in [0.4, 0.5) is 11.6 Å². The number of nitrogens with zero attached hydrogens (tertiary/aromatic N) is 5. The number of halogens is 1. The fraction of sp³-hybridized carbons (Fsp3) is 0.389. The number of anilines is 2. The van der Waals surface area contributed by atoms with Gasteiger partial charge < -0.3 is 25.0 Å². The molecule has 11 heteroatoms. The van der Waals surface area contributed by atoms with E-state index in [4.69, 9.17) is 31.0 Å². The van der Waals surface area contributed by atoms with Gasteiger partial charge in [0.15, 0.2) is 0 Å². The molecule has 0 amide bonds. The number of nitrogens with one attached hydrogen (secondary N) is 3. The molecule has 0 unspecified atom stereocenters. The molecular weight excluding hydrogens is 612 g/mol. The number of hydrogen-bond donors (Lipinski definition) is 3. The summed E-state index contributed by atoms with van der Waals surface area (Å²) in [6, 6.07) is 19.1. The third-order valence-electron chi connectivity index (χ3n) is 10.1. The van der Waals surface area contributed by atoms with Crippen LogP contribution in [0.2, 0.25) is 5.02 Å². The van der Waals surface area contributed by atoms with Crippen molar-refractivity contribution >= 4 is 34.4 Å². The Kier molecular flexibility index (Phi) is 8.88. The summed E-state index contributed by atoms with van der Waals surface area (Å²) in [5.74, 6) is 3.28. The Bertz CT molecular complexity index is 1820. The van der Waals surface area contributed by atoms with Crippen molar-refractivity contribution in [1.82, 2.24) is 30.5 Å². The smallest absolute Gasteiger partial charge is 0.202 e. The van der Waals surface area contributed by atoms with Gasteiger partial charge in [-0.2, -0.15) is 5.10 Å². The predicted octanol–water partition coefficient (Wildman–Crippen LogP) is 7.19. The standard InChI is InChI=1S/C36H41ClN8O2/c1-23(25-8-12-27(47-3)13-9-25)41-30-5-4-14-36(30)15-17-45(18-16-36)32-22-40-34-33(43-44-35(34)42-32)28-19-31(39-21-29(28)37)38-20-24-6-10-26(46-2)11-7-24/h6-13,19,21-23,30,41H,4-5,14-18,20H2,1-3H3,(H,38,39)(H,42,43,44)/t23-,30-/m1/s1. The van der Waals surface area contributed by atoms with Gasteiger partial charge in [-0.15, -0.1) is 0 Å². The van der Waals surface area contributed by atoms with Crippen LogP contribution in [0.15, 0.2) is 67.0 Å². The van der Waals surface area contributed by atoms with E-state index in [1.807, 2.05) is 48.7 Å². The summed E-state index contributed by atoms with van der Waals surface area (Å²) in [7, 11) is 3.37. The van der Waals surface area contributed by atoms with Crippen LogP contribution < -0.4 is 25.0 Å². The van der Waals surface area contributed by atoms with Crippen LogP contribution in [0.3, 0.4) is 0 Å². The third-order valence-corrected chi connectivity index (χ3v) is 10.4. The highest BCUT2D eigenvalue weighted by Gasteiger charge is 2.45. The monoisotopic (exact) mass is 652 g/mol. The summed E-state index contributed by atoms with van der Waals surface area (Å²) in [6.45, 7) is 4.78. The Morgan fingerprint density at radius 3 is 2.43 bits per heavy atom. The van der Waals surface area contributed by atoms with E-state index in [9.17, 15) is 0 Å². The minimum Gasteiger partial charge on any atom is -0.497 e. The van der Waals surface area contributed by atoms with E-state index in [0.29, 0.717) is 40.0 Å². The predicted molar refractivity (Wildman–Crippen MR) is 186 cm³/mol. The van der Waals surface area contributed by atoms with Crippen LogP contribution in [0.1, 0.15) is 56.2 Å². The highest BCUT2D eigenvalue weighted by molar-refractivity contribution is 6.33. The summed E-state index contributed by atoms with van der Waals surface area (Å²) in [6.07, 6.45) is 9.53. The first kappa shape index (κ1) is 31.2. The average molecular weight is 653 g/mol. The molecule has 10 nitrogen and oxygen atoms in total. The second kappa shape index (κ2) is 13.4. The first-order chi connectivity index (χ1) is 22.9. The molecule has 3 N–H and O–H groups in total. The summed E-state index contributed by atoms with van der Waals surface area (Å²) in [5.41, 5.74) is 5.47. The van der Waals surface area contributed by atoms with Gasteiger partial charge in [-0.05, 0) is 79.5 Å². The number of rotatable bonds is 10. The summed E-state index contributed by atoms with van der Waals surface area (Å²) < 4.78 is 10.6. The maximum absolute atomic E-state index is 6.62. The zero-order valence-corrected chi connectivity index (χ0v) is 27.8. The Hall–Kier alpha value is -4.41. The van der Waals surface area contributed by atoms with Crippen molar-refractivity contribution in [2.24, 2.45) is 5.41 Å². The number of methoxy groups -OCH3 is 2. The molecule has 2 aliphatic rings. The Morgan fingerprint density at radius 1 is 0.979 bits per heavy atom. The number of H-pyrrole nitrogens is 1. The molecule has 1 spiro atoms. The third kappa shape index (κ3) is 6.44. The molecule has 3 aromatic heterocycles. The van der Waals surface area contributed by atoms with Crippen molar-refractivity contribution in [3.8, 4) is 22.8 Å². The van der Waals surface area contributed by atoms with Gasteiger partial charge in [0.1, 0.15) is 28.7 Å². The number of benzene rings is 2. The van der Waals surface area contributed by atoms with Gasteiger partial charge in [-0.3, -0.25) is 5.10 Å². The van der Waals surface area contributed by atoms with Crippen LogP contribution in [0.5, 0.6) is 11.5 Å². The topological polar surface area (TPSA) is 113 Å². The molecule has 4 heterocycles. The van der Waals surface area contributed by atoms with Crippen LogP contribution >= 0.6 is 11.6 Å². The van der Waals surface area contributed by atoms with Crippen molar-refractivity contribution in [2.45, 2.75) is 57.7 Å². The zero-order valence-electron chi connectivity index (χ0n) is 27.1. The first-order valence-corrected chi connectivity index (χ1v) is 16.7. The van der Waals surface area contributed by atoms with Crippen molar-refractivity contribution < 1.29 is 9.47 Å². The number of aromatic amines is 1. The van der Waals surface area contributed by atoms with E-state index in [1.54, 1.807) is 20.4 Å². The molecule has 47 heavy (non-hydrogen) atoms. The molecule has 0 bridgehead atoms. The number of hydrogen-bond acceptors (Lipinski definition) is 9. The average Bonchev–Trinajstić information content (AvgIpc) is 3.71. The highest BCUT2D eigenvalue weighted by atomic mass is 35.5. The maximum atomic E-state index is 6.62. The van der Waals surface area contributed by atoms with Crippen molar-refractivity contribution in [3.63, 3.8) is 0 Å².